The normalized spacial score (nSPS) is 18.1. The third-order valence-electron chi connectivity index (χ3n) is 6.04. The highest BCUT2D eigenvalue weighted by molar-refractivity contribution is 6.43. The van der Waals surface area contributed by atoms with Crippen LogP contribution in [0.2, 0.25) is 0 Å². The van der Waals surface area contributed by atoms with E-state index in [2.05, 4.69) is 20.8 Å². The summed E-state index contributed by atoms with van der Waals surface area (Å²) in [5.74, 6) is -1.92. The van der Waals surface area contributed by atoms with Crippen molar-refractivity contribution in [2.45, 2.75) is 38.2 Å². The Morgan fingerprint density at radius 1 is 1.17 bits per heavy atom. The quantitative estimate of drug-likeness (QED) is 0.339. The second-order valence-electron chi connectivity index (χ2n) is 9.00. The standard InChI is InChI=1S/C24H28BN5O5/c1-16(2)20(25(33)34)28-23(32)24(13-17-7-4-3-5-8-17)14-18(29-35-24)15-27-22(31)19-9-6-11-30-12-10-26-21(19)30/h3-12,16,20,33-34H,13-15H2,1-2H3,(H,27,31)(H,28,32)/t20-,24?/m0/s1. The lowest BCUT2D eigenvalue weighted by atomic mass is 9.72. The molecule has 0 spiro atoms. The molecule has 0 saturated heterocycles. The first kappa shape index (κ1) is 24.4. The number of amides is 2. The summed E-state index contributed by atoms with van der Waals surface area (Å²) in [5, 5.41) is 29.1. The van der Waals surface area contributed by atoms with E-state index in [4.69, 9.17) is 4.84 Å². The van der Waals surface area contributed by atoms with Gasteiger partial charge in [0.1, 0.15) is 5.65 Å². The molecule has 1 aromatic carbocycles. The van der Waals surface area contributed by atoms with Crippen LogP contribution in [0, 0.1) is 5.92 Å². The van der Waals surface area contributed by atoms with Gasteiger partial charge in [-0.05, 0) is 23.6 Å². The number of imidazole rings is 1. The number of carbonyl (C=O) groups is 2. The molecule has 2 aromatic heterocycles. The van der Waals surface area contributed by atoms with E-state index in [9.17, 15) is 19.6 Å². The number of oxime groups is 1. The Morgan fingerprint density at radius 3 is 2.66 bits per heavy atom. The zero-order valence-electron chi connectivity index (χ0n) is 19.6. The lowest BCUT2D eigenvalue weighted by molar-refractivity contribution is -0.144. The number of fused-ring (bicyclic) bond motifs is 1. The molecular formula is C24H28BN5O5. The van der Waals surface area contributed by atoms with E-state index in [1.165, 1.54) is 0 Å². The molecule has 1 unspecified atom stereocenters. The fourth-order valence-corrected chi connectivity index (χ4v) is 4.13. The van der Waals surface area contributed by atoms with Gasteiger partial charge in [-0.2, -0.15) is 0 Å². The molecule has 10 nitrogen and oxygen atoms in total. The molecule has 4 N–H and O–H groups in total. The Kier molecular flexibility index (Phi) is 7.18. The number of nitrogens with zero attached hydrogens (tertiary/aromatic N) is 3. The predicted molar refractivity (Wildman–Crippen MR) is 130 cm³/mol. The van der Waals surface area contributed by atoms with Gasteiger partial charge in [0.05, 0.1) is 23.8 Å². The zero-order valence-corrected chi connectivity index (χ0v) is 19.6. The maximum Gasteiger partial charge on any atom is 0.475 e. The third-order valence-corrected chi connectivity index (χ3v) is 6.04. The van der Waals surface area contributed by atoms with Crippen molar-refractivity contribution in [2.24, 2.45) is 11.1 Å². The van der Waals surface area contributed by atoms with Crippen LogP contribution in [0.4, 0.5) is 0 Å². The molecule has 0 bridgehead atoms. The Labute approximate surface area is 203 Å². The van der Waals surface area contributed by atoms with Gasteiger partial charge >= 0.3 is 7.12 Å². The van der Waals surface area contributed by atoms with Gasteiger partial charge < -0.3 is 29.9 Å². The van der Waals surface area contributed by atoms with Crippen LogP contribution in [-0.2, 0) is 16.1 Å². The topological polar surface area (TPSA) is 138 Å². The number of carbonyl (C=O) groups excluding carboxylic acids is 2. The summed E-state index contributed by atoms with van der Waals surface area (Å²) in [5.41, 5.74) is 0.925. The zero-order chi connectivity index (χ0) is 25.0. The summed E-state index contributed by atoms with van der Waals surface area (Å²) in [6, 6.07) is 12.8. The summed E-state index contributed by atoms with van der Waals surface area (Å²) in [6.07, 6.45) is 5.53. The first-order valence-corrected chi connectivity index (χ1v) is 11.4. The van der Waals surface area contributed by atoms with E-state index in [-0.39, 0.29) is 31.2 Å². The summed E-state index contributed by atoms with van der Waals surface area (Å²) in [6.45, 7) is 3.64. The fraction of sp³-hybridized carbons (Fsp3) is 0.333. The molecule has 1 aliphatic heterocycles. The highest BCUT2D eigenvalue weighted by Crippen LogP contribution is 2.29. The van der Waals surface area contributed by atoms with Crippen molar-refractivity contribution < 1.29 is 24.5 Å². The van der Waals surface area contributed by atoms with Crippen molar-refractivity contribution >= 4 is 30.3 Å². The summed E-state index contributed by atoms with van der Waals surface area (Å²) >= 11 is 0. The van der Waals surface area contributed by atoms with Crippen LogP contribution >= 0.6 is 0 Å². The van der Waals surface area contributed by atoms with Gasteiger partial charge in [-0.1, -0.05) is 49.3 Å². The third kappa shape index (κ3) is 5.36. The van der Waals surface area contributed by atoms with Gasteiger partial charge in [0, 0.05) is 31.4 Å². The number of pyridine rings is 1. The molecule has 0 radical (unpaired) electrons. The first-order chi connectivity index (χ1) is 16.8. The molecule has 11 heteroatoms. The maximum atomic E-state index is 13.4. The average Bonchev–Trinajstić information content (AvgIpc) is 3.48. The molecule has 35 heavy (non-hydrogen) atoms. The Morgan fingerprint density at radius 2 is 1.94 bits per heavy atom. The molecule has 1 aliphatic rings. The number of nitrogens with one attached hydrogen (secondary N) is 2. The second kappa shape index (κ2) is 10.3. The molecule has 3 aromatic rings. The van der Waals surface area contributed by atoms with E-state index in [0.29, 0.717) is 16.9 Å². The van der Waals surface area contributed by atoms with Gasteiger partial charge in [-0.15, -0.1) is 0 Å². The van der Waals surface area contributed by atoms with Gasteiger partial charge in [0.15, 0.2) is 0 Å². The van der Waals surface area contributed by atoms with E-state index >= 15 is 0 Å². The summed E-state index contributed by atoms with van der Waals surface area (Å²) in [4.78, 5) is 36.1. The summed E-state index contributed by atoms with van der Waals surface area (Å²) < 4.78 is 1.75. The van der Waals surface area contributed by atoms with Crippen LogP contribution in [0.1, 0.15) is 36.2 Å². The van der Waals surface area contributed by atoms with Gasteiger partial charge in [-0.25, -0.2) is 4.98 Å². The van der Waals surface area contributed by atoms with Crippen molar-refractivity contribution in [2.75, 3.05) is 6.54 Å². The van der Waals surface area contributed by atoms with Crippen molar-refractivity contribution in [1.29, 1.82) is 0 Å². The number of aromatic nitrogens is 2. The lowest BCUT2D eigenvalue weighted by Crippen LogP contribution is -2.57. The Hall–Kier alpha value is -3.70. The molecule has 0 fully saturated rings. The molecular weight excluding hydrogens is 449 g/mol. The Balaban J connectivity index is 1.48. The van der Waals surface area contributed by atoms with Crippen LogP contribution in [0.5, 0.6) is 0 Å². The molecule has 2 amide bonds. The number of rotatable bonds is 9. The van der Waals surface area contributed by atoms with E-state index in [1.807, 2.05) is 30.3 Å². The van der Waals surface area contributed by atoms with Gasteiger partial charge in [0.25, 0.3) is 11.8 Å². The monoisotopic (exact) mass is 477 g/mol. The fourth-order valence-electron chi connectivity index (χ4n) is 4.13. The van der Waals surface area contributed by atoms with Crippen molar-refractivity contribution in [1.82, 2.24) is 20.0 Å². The highest BCUT2D eigenvalue weighted by Gasteiger charge is 2.48. The van der Waals surface area contributed by atoms with Crippen molar-refractivity contribution in [3.8, 4) is 0 Å². The van der Waals surface area contributed by atoms with Crippen LogP contribution < -0.4 is 10.6 Å². The smallest absolute Gasteiger partial charge is 0.426 e. The first-order valence-electron chi connectivity index (χ1n) is 11.4. The molecule has 4 rings (SSSR count). The predicted octanol–water partition coefficient (Wildman–Crippen LogP) is 0.975. The van der Waals surface area contributed by atoms with E-state index in [0.717, 1.165) is 5.56 Å². The van der Waals surface area contributed by atoms with E-state index in [1.54, 1.807) is 49.0 Å². The lowest BCUT2D eigenvalue weighted by Gasteiger charge is -2.29. The van der Waals surface area contributed by atoms with Crippen LogP contribution in [-0.4, -0.2) is 62.2 Å². The molecule has 0 aliphatic carbocycles. The Bertz CT molecular complexity index is 1220. The molecule has 182 valence electrons. The van der Waals surface area contributed by atoms with E-state index < -0.39 is 24.6 Å². The summed E-state index contributed by atoms with van der Waals surface area (Å²) in [7, 11) is -1.72. The van der Waals surface area contributed by atoms with Gasteiger partial charge in [-0.3, -0.25) is 9.59 Å². The minimum absolute atomic E-state index is 0.0840. The second-order valence-corrected chi connectivity index (χ2v) is 9.00. The van der Waals surface area contributed by atoms with Crippen LogP contribution in [0.3, 0.4) is 0 Å². The molecule has 0 saturated carbocycles. The van der Waals surface area contributed by atoms with Gasteiger partial charge in [0.2, 0.25) is 5.60 Å². The van der Waals surface area contributed by atoms with Crippen LogP contribution in [0.15, 0.2) is 66.2 Å². The minimum atomic E-state index is -1.72. The molecule has 3 heterocycles. The maximum absolute atomic E-state index is 13.4. The average molecular weight is 477 g/mol. The van der Waals surface area contributed by atoms with Crippen LogP contribution in [0.25, 0.3) is 5.65 Å². The highest BCUT2D eigenvalue weighted by atomic mass is 16.7. The number of hydrogen-bond donors (Lipinski definition) is 4. The minimum Gasteiger partial charge on any atom is -0.426 e. The SMILES string of the molecule is CC(C)[C@H](NC(=O)C1(Cc2ccccc2)CC(CNC(=O)c2cccn3ccnc23)=NO1)B(O)O. The number of hydrogen-bond acceptors (Lipinski definition) is 7. The molecule has 2 atom stereocenters. The van der Waals surface area contributed by atoms with Crippen molar-refractivity contribution in [3.63, 3.8) is 0 Å². The number of benzene rings is 1. The van der Waals surface area contributed by atoms with Crippen molar-refractivity contribution in [3.05, 3.63) is 72.2 Å². The largest absolute Gasteiger partial charge is 0.475 e.